The molecule has 0 spiro atoms. The number of amides is 2. The van der Waals surface area contributed by atoms with E-state index in [2.05, 4.69) is 15.4 Å². The molecular formula is C58H51N3O9. The number of phenols is 1. The van der Waals surface area contributed by atoms with E-state index in [4.69, 9.17) is 10.5 Å². The third-order valence-corrected chi connectivity index (χ3v) is 11.0. The van der Waals surface area contributed by atoms with Gasteiger partial charge in [-0.15, -0.1) is 0 Å². The van der Waals surface area contributed by atoms with Gasteiger partial charge in [0.05, 0.1) is 47.8 Å². The largest absolute Gasteiger partial charge is 0.507 e. The van der Waals surface area contributed by atoms with Gasteiger partial charge in [0.1, 0.15) is 5.75 Å². The number of nitrogens with two attached hydrogens (primary N) is 1. The highest BCUT2D eigenvalue weighted by Gasteiger charge is 2.19. The Morgan fingerprint density at radius 1 is 0.429 bits per heavy atom. The summed E-state index contributed by atoms with van der Waals surface area (Å²) < 4.78 is 9.50. The molecule has 0 fully saturated rings. The maximum absolute atomic E-state index is 12.8. The maximum Gasteiger partial charge on any atom is 0.339 e. The minimum atomic E-state index is -1.15. The van der Waals surface area contributed by atoms with Crippen molar-refractivity contribution in [3.63, 3.8) is 0 Å². The van der Waals surface area contributed by atoms with Crippen molar-refractivity contribution in [2.45, 2.75) is 20.8 Å². The number of rotatable bonds is 10. The predicted octanol–water partition coefficient (Wildman–Crippen LogP) is 12.0. The van der Waals surface area contributed by atoms with Crippen molar-refractivity contribution in [2.24, 2.45) is 0 Å². The van der Waals surface area contributed by atoms with E-state index < -0.39 is 23.8 Å². The summed E-state index contributed by atoms with van der Waals surface area (Å²) in [6, 6.07) is 54.8. The van der Waals surface area contributed by atoms with Gasteiger partial charge in [0, 0.05) is 11.3 Å². The number of benzene rings is 8. The number of aromatic carboxylic acids is 1. The van der Waals surface area contributed by atoms with Gasteiger partial charge in [-0.05, 0) is 120 Å². The Kier molecular flexibility index (Phi) is 16.8. The van der Waals surface area contributed by atoms with Gasteiger partial charge in [0.2, 0.25) is 0 Å². The molecule has 0 aromatic heterocycles. The first-order chi connectivity index (χ1) is 33.7. The van der Waals surface area contributed by atoms with Crippen LogP contribution >= 0.6 is 0 Å². The lowest BCUT2D eigenvalue weighted by Crippen LogP contribution is -2.16. The zero-order valence-corrected chi connectivity index (χ0v) is 39.2. The summed E-state index contributed by atoms with van der Waals surface area (Å²) in [6.45, 7) is 5.67. The number of carboxylic acid groups (broad SMARTS) is 1. The van der Waals surface area contributed by atoms with Gasteiger partial charge in [-0.3, -0.25) is 9.59 Å². The average molecular weight is 934 g/mol. The van der Waals surface area contributed by atoms with E-state index in [1.54, 1.807) is 55.5 Å². The second-order valence-corrected chi connectivity index (χ2v) is 16.0. The molecule has 0 aliphatic carbocycles. The number of carboxylic acids is 1. The predicted molar refractivity (Wildman–Crippen MR) is 274 cm³/mol. The lowest BCUT2D eigenvalue weighted by molar-refractivity contribution is 0.0593. The number of nitrogens with one attached hydrogen (secondary N) is 2. The van der Waals surface area contributed by atoms with E-state index in [0.717, 1.165) is 50.1 Å². The minimum absolute atomic E-state index is 0.0235. The van der Waals surface area contributed by atoms with Crippen LogP contribution in [-0.4, -0.2) is 54.2 Å². The van der Waals surface area contributed by atoms with E-state index in [-0.39, 0.29) is 28.5 Å². The molecule has 6 N–H and O–H groups in total. The number of carbonyl (C=O) groups excluding carboxylic acids is 4. The Labute approximate surface area is 406 Å². The van der Waals surface area contributed by atoms with Crippen LogP contribution in [0.2, 0.25) is 0 Å². The molecule has 70 heavy (non-hydrogen) atoms. The van der Waals surface area contributed by atoms with Crippen LogP contribution in [0.1, 0.15) is 68.5 Å². The molecule has 12 heteroatoms. The Balaban J connectivity index is 0.000000177. The molecule has 2 amide bonds. The topological polar surface area (TPSA) is 194 Å². The van der Waals surface area contributed by atoms with Gasteiger partial charge in [-0.25, -0.2) is 14.4 Å². The monoisotopic (exact) mass is 933 g/mol. The molecule has 0 heterocycles. The van der Waals surface area contributed by atoms with Crippen LogP contribution < -0.4 is 16.4 Å². The first-order valence-corrected chi connectivity index (χ1v) is 21.9. The summed E-state index contributed by atoms with van der Waals surface area (Å²) in [6.07, 6.45) is 0. The zero-order chi connectivity index (χ0) is 50.3. The lowest BCUT2D eigenvalue weighted by Gasteiger charge is -2.13. The van der Waals surface area contributed by atoms with Crippen LogP contribution in [0.5, 0.6) is 5.75 Å². The van der Waals surface area contributed by atoms with Gasteiger partial charge in [-0.1, -0.05) is 133 Å². The van der Waals surface area contributed by atoms with E-state index >= 15 is 0 Å². The standard InChI is InChI=1S/C23H21NO3.C21H17NO4.C14H13NO2/c1-15-9-11-19(16(2)13-15)22(25)24-21-14-18(17-7-5-4-6-8-17)10-12-20(21)23(26)27-3;1-13-7-9-17(19(23)11-13)20(24)22-18-12-15(8-10-16(18)21(25)26)14-5-3-2-4-6-14;1-17-14(16)12-8-7-11(9-13(12)15)10-5-3-2-4-6-10/h4-14H,1-3H3,(H,24,25);2-12,23H,1H3,(H,22,24)(H,25,26);2-9H,15H2,1H3. The average Bonchev–Trinajstić information content (AvgIpc) is 3.36. The second kappa shape index (κ2) is 23.4. The van der Waals surface area contributed by atoms with Gasteiger partial charge in [-0.2, -0.15) is 0 Å². The fourth-order valence-electron chi connectivity index (χ4n) is 7.34. The summed E-state index contributed by atoms with van der Waals surface area (Å²) in [4.78, 5) is 60.3. The Bertz CT molecular complexity index is 3170. The third-order valence-electron chi connectivity index (χ3n) is 11.0. The Morgan fingerprint density at radius 3 is 1.26 bits per heavy atom. The first-order valence-electron chi connectivity index (χ1n) is 21.9. The number of aromatic hydroxyl groups is 1. The molecule has 0 saturated heterocycles. The highest BCUT2D eigenvalue weighted by Crippen LogP contribution is 2.30. The van der Waals surface area contributed by atoms with E-state index in [0.29, 0.717) is 28.1 Å². The van der Waals surface area contributed by atoms with Crippen LogP contribution in [-0.2, 0) is 9.47 Å². The van der Waals surface area contributed by atoms with Crippen LogP contribution in [0.25, 0.3) is 33.4 Å². The van der Waals surface area contributed by atoms with E-state index in [1.165, 1.54) is 32.4 Å². The fourth-order valence-corrected chi connectivity index (χ4v) is 7.34. The molecular weight excluding hydrogens is 883 g/mol. The van der Waals surface area contributed by atoms with Crippen LogP contribution in [0.3, 0.4) is 0 Å². The number of methoxy groups -OCH3 is 2. The molecule has 0 aliphatic heterocycles. The number of hydrogen-bond acceptors (Lipinski definition) is 9. The smallest absolute Gasteiger partial charge is 0.339 e. The molecule has 0 atom stereocenters. The van der Waals surface area contributed by atoms with Gasteiger partial charge >= 0.3 is 17.9 Å². The number of anilines is 3. The molecule has 12 nitrogen and oxygen atoms in total. The summed E-state index contributed by atoms with van der Waals surface area (Å²) in [5, 5.41) is 24.8. The first kappa shape index (κ1) is 50.1. The molecule has 8 rings (SSSR count). The van der Waals surface area contributed by atoms with E-state index in [1.807, 2.05) is 129 Å². The molecule has 0 aliphatic rings. The number of esters is 2. The molecule has 0 radical (unpaired) electrons. The fraction of sp³-hybridized carbons (Fsp3) is 0.0862. The van der Waals surface area contributed by atoms with Crippen molar-refractivity contribution in [2.75, 3.05) is 30.6 Å². The highest BCUT2D eigenvalue weighted by atomic mass is 16.5. The Hall–Kier alpha value is -9.29. The zero-order valence-electron chi connectivity index (χ0n) is 39.2. The van der Waals surface area contributed by atoms with Crippen molar-refractivity contribution in [1.82, 2.24) is 0 Å². The van der Waals surface area contributed by atoms with Crippen LogP contribution in [0.15, 0.2) is 182 Å². The quantitative estimate of drug-likeness (QED) is 0.0650. The third kappa shape index (κ3) is 12.8. The van der Waals surface area contributed by atoms with E-state index in [9.17, 15) is 34.2 Å². The van der Waals surface area contributed by atoms with Gasteiger partial charge in [0.15, 0.2) is 0 Å². The molecule has 8 aromatic rings. The SMILES string of the molecule is COC(=O)c1ccc(-c2ccccc2)cc1N.COC(=O)c1ccc(-c2ccccc2)cc1NC(=O)c1ccc(C)cc1C.Cc1ccc(C(=O)Nc2cc(-c3ccccc3)ccc2C(=O)O)c(O)c1. The number of aryl methyl sites for hydroxylation is 3. The number of carbonyl (C=O) groups is 5. The minimum Gasteiger partial charge on any atom is -0.507 e. The molecule has 0 unspecified atom stereocenters. The summed E-state index contributed by atoms with van der Waals surface area (Å²) in [5.74, 6) is -3.04. The van der Waals surface area contributed by atoms with Crippen LogP contribution in [0.4, 0.5) is 17.1 Å². The van der Waals surface area contributed by atoms with Crippen molar-refractivity contribution in [3.8, 4) is 39.1 Å². The molecule has 352 valence electrons. The molecule has 0 bridgehead atoms. The normalized spacial score (nSPS) is 10.2. The summed E-state index contributed by atoms with van der Waals surface area (Å²) >= 11 is 0. The maximum atomic E-state index is 12.8. The number of hydrogen-bond donors (Lipinski definition) is 5. The van der Waals surface area contributed by atoms with Gasteiger partial charge < -0.3 is 36.1 Å². The lowest BCUT2D eigenvalue weighted by atomic mass is 10.0. The highest BCUT2D eigenvalue weighted by molar-refractivity contribution is 6.10. The van der Waals surface area contributed by atoms with Crippen molar-refractivity contribution >= 4 is 46.8 Å². The Morgan fingerprint density at radius 2 is 0.814 bits per heavy atom. The van der Waals surface area contributed by atoms with Crippen LogP contribution in [0, 0.1) is 20.8 Å². The summed E-state index contributed by atoms with van der Waals surface area (Å²) in [7, 11) is 2.66. The number of phenolic OH excluding ortho intramolecular Hbond substituents is 1. The van der Waals surface area contributed by atoms with Gasteiger partial charge in [0.25, 0.3) is 11.8 Å². The van der Waals surface area contributed by atoms with Crippen molar-refractivity contribution < 1.29 is 43.7 Å². The molecule has 0 saturated carbocycles. The second-order valence-electron chi connectivity index (χ2n) is 16.0. The number of nitrogen functional groups attached to an aromatic ring is 1. The molecule has 8 aromatic carbocycles. The van der Waals surface area contributed by atoms with Crippen molar-refractivity contribution in [3.05, 3.63) is 226 Å². The summed E-state index contributed by atoms with van der Waals surface area (Å²) in [5.41, 5.74) is 16.6. The number of ether oxygens (including phenoxy) is 2. The van der Waals surface area contributed by atoms with Crippen molar-refractivity contribution in [1.29, 1.82) is 0 Å².